The second-order valence-electron chi connectivity index (χ2n) is 3.65. The van der Waals surface area contributed by atoms with Crippen LogP contribution in [0.4, 0.5) is 0 Å². The monoisotopic (exact) mass is 287 g/mol. The van der Waals surface area contributed by atoms with E-state index in [-0.39, 0.29) is 6.04 Å². The van der Waals surface area contributed by atoms with Crippen molar-refractivity contribution in [1.29, 1.82) is 0 Å². The molecule has 0 fully saturated rings. The van der Waals surface area contributed by atoms with E-state index in [1.807, 2.05) is 13.0 Å². The zero-order chi connectivity index (χ0) is 12.3. The van der Waals surface area contributed by atoms with Crippen molar-refractivity contribution in [2.45, 2.75) is 26.3 Å². The Morgan fingerprint density at radius 2 is 1.88 bits per heavy atom. The summed E-state index contributed by atoms with van der Waals surface area (Å²) in [6, 6.07) is 1.98. The van der Waals surface area contributed by atoms with Gasteiger partial charge in [0.25, 0.3) is 0 Å². The Bertz CT molecular complexity index is 378. The van der Waals surface area contributed by atoms with E-state index in [0.717, 1.165) is 33.5 Å². The summed E-state index contributed by atoms with van der Waals surface area (Å²) in [5, 5.41) is 0. The Morgan fingerprint density at radius 3 is 2.25 bits per heavy atom. The van der Waals surface area contributed by atoms with Gasteiger partial charge in [0.1, 0.15) is 16.0 Å². The molecular weight excluding hydrogens is 270 g/mol. The van der Waals surface area contributed by atoms with Crippen molar-refractivity contribution in [3.63, 3.8) is 0 Å². The molecule has 1 aromatic rings. The molecule has 1 rings (SSSR count). The van der Waals surface area contributed by atoms with Gasteiger partial charge >= 0.3 is 0 Å². The van der Waals surface area contributed by atoms with Gasteiger partial charge in [-0.1, -0.05) is 6.92 Å². The number of hydrogen-bond donors (Lipinski definition) is 1. The van der Waals surface area contributed by atoms with Crippen molar-refractivity contribution in [2.24, 2.45) is 5.73 Å². The van der Waals surface area contributed by atoms with Gasteiger partial charge in [0.15, 0.2) is 0 Å². The lowest BCUT2D eigenvalue weighted by atomic mass is 10.0. The molecule has 0 aromatic heterocycles. The van der Waals surface area contributed by atoms with Crippen LogP contribution in [-0.4, -0.2) is 14.2 Å². The number of ether oxygens (including phenoxy) is 2. The summed E-state index contributed by atoms with van der Waals surface area (Å²) >= 11 is 3.51. The van der Waals surface area contributed by atoms with E-state index in [0.29, 0.717) is 0 Å². The summed E-state index contributed by atoms with van der Waals surface area (Å²) in [6.07, 6.45) is 0.894. The van der Waals surface area contributed by atoms with E-state index in [2.05, 4.69) is 22.9 Å². The predicted octanol–water partition coefficient (Wildman–Crippen LogP) is 3.05. The third-order valence-corrected chi connectivity index (χ3v) is 3.28. The minimum absolute atomic E-state index is 0.0672. The first kappa shape index (κ1) is 13.3. The van der Waals surface area contributed by atoms with Gasteiger partial charge in [0.05, 0.1) is 14.2 Å². The third kappa shape index (κ3) is 2.33. The van der Waals surface area contributed by atoms with Crippen molar-refractivity contribution in [2.75, 3.05) is 14.2 Å². The van der Waals surface area contributed by atoms with Crippen LogP contribution in [0.25, 0.3) is 0 Å². The number of aryl methyl sites for hydroxylation is 1. The fourth-order valence-electron chi connectivity index (χ4n) is 1.72. The highest BCUT2D eigenvalue weighted by Gasteiger charge is 2.18. The van der Waals surface area contributed by atoms with Crippen molar-refractivity contribution < 1.29 is 9.47 Å². The quantitative estimate of drug-likeness (QED) is 0.926. The summed E-state index contributed by atoms with van der Waals surface area (Å²) < 4.78 is 11.6. The standard InChI is InChI=1S/C12H18BrNO2/c1-5-8-6-9(7(2)14)12(16-4)10(13)11(8)15-3/h6-7H,5,14H2,1-4H3. The molecule has 0 radical (unpaired) electrons. The van der Waals surface area contributed by atoms with E-state index < -0.39 is 0 Å². The Kier molecular flexibility index (Phi) is 4.62. The van der Waals surface area contributed by atoms with Crippen LogP contribution in [0.2, 0.25) is 0 Å². The lowest BCUT2D eigenvalue weighted by Crippen LogP contribution is -2.09. The first-order valence-corrected chi connectivity index (χ1v) is 6.04. The van der Waals surface area contributed by atoms with Gasteiger partial charge in [-0.2, -0.15) is 0 Å². The van der Waals surface area contributed by atoms with Crippen LogP contribution >= 0.6 is 15.9 Å². The maximum Gasteiger partial charge on any atom is 0.141 e. The number of hydrogen-bond acceptors (Lipinski definition) is 3. The van der Waals surface area contributed by atoms with Gasteiger partial charge in [-0.3, -0.25) is 0 Å². The Balaban J connectivity index is 3.47. The maximum atomic E-state index is 5.93. The SMILES string of the molecule is CCc1cc(C(C)N)c(OC)c(Br)c1OC. The highest BCUT2D eigenvalue weighted by atomic mass is 79.9. The van der Waals surface area contributed by atoms with Gasteiger partial charge in [0.2, 0.25) is 0 Å². The summed E-state index contributed by atoms with van der Waals surface area (Å²) in [5.41, 5.74) is 8.05. The van der Waals surface area contributed by atoms with Gasteiger partial charge < -0.3 is 15.2 Å². The van der Waals surface area contributed by atoms with E-state index in [1.165, 1.54) is 0 Å². The molecule has 0 saturated heterocycles. The van der Waals surface area contributed by atoms with Crippen LogP contribution in [0.3, 0.4) is 0 Å². The molecule has 0 spiro atoms. The van der Waals surface area contributed by atoms with E-state index in [4.69, 9.17) is 15.2 Å². The number of rotatable bonds is 4. The van der Waals surface area contributed by atoms with Crippen molar-refractivity contribution in [3.05, 3.63) is 21.7 Å². The molecule has 0 aliphatic carbocycles. The Labute approximate surface area is 105 Å². The maximum absolute atomic E-state index is 5.93. The normalized spacial score (nSPS) is 12.4. The highest BCUT2D eigenvalue weighted by molar-refractivity contribution is 9.10. The Morgan fingerprint density at radius 1 is 1.31 bits per heavy atom. The first-order valence-electron chi connectivity index (χ1n) is 5.25. The number of nitrogens with two attached hydrogens (primary N) is 1. The summed E-state index contributed by atoms with van der Waals surface area (Å²) in [5.74, 6) is 1.58. The van der Waals surface area contributed by atoms with Crippen molar-refractivity contribution >= 4 is 15.9 Å². The minimum Gasteiger partial charge on any atom is -0.495 e. The molecule has 0 aliphatic heterocycles. The Hall–Kier alpha value is -0.740. The topological polar surface area (TPSA) is 44.5 Å². The lowest BCUT2D eigenvalue weighted by molar-refractivity contribution is 0.381. The van der Waals surface area contributed by atoms with E-state index in [1.54, 1.807) is 14.2 Å². The molecule has 1 aromatic carbocycles. The highest BCUT2D eigenvalue weighted by Crippen LogP contribution is 2.42. The minimum atomic E-state index is -0.0672. The fourth-order valence-corrected chi connectivity index (χ4v) is 2.53. The number of methoxy groups -OCH3 is 2. The van der Waals surface area contributed by atoms with Crippen molar-refractivity contribution in [1.82, 2.24) is 0 Å². The zero-order valence-corrected chi connectivity index (χ0v) is 11.7. The first-order chi connectivity index (χ1) is 7.56. The second kappa shape index (κ2) is 5.55. The van der Waals surface area contributed by atoms with Crippen molar-refractivity contribution in [3.8, 4) is 11.5 Å². The van der Waals surface area contributed by atoms with Gasteiger partial charge in [0, 0.05) is 11.6 Å². The number of halogens is 1. The van der Waals surface area contributed by atoms with Crippen LogP contribution in [-0.2, 0) is 6.42 Å². The molecule has 90 valence electrons. The molecular formula is C12H18BrNO2. The van der Waals surface area contributed by atoms with Gasteiger partial charge in [-0.05, 0) is 40.9 Å². The molecule has 1 unspecified atom stereocenters. The van der Waals surface area contributed by atoms with Gasteiger partial charge in [-0.25, -0.2) is 0 Å². The molecule has 2 N–H and O–H groups in total. The molecule has 0 saturated carbocycles. The summed E-state index contributed by atoms with van der Waals surface area (Å²) in [6.45, 7) is 4.03. The zero-order valence-electron chi connectivity index (χ0n) is 10.1. The molecule has 3 nitrogen and oxygen atoms in total. The summed E-state index contributed by atoms with van der Waals surface area (Å²) in [4.78, 5) is 0. The molecule has 0 amide bonds. The van der Waals surface area contributed by atoms with Gasteiger partial charge in [-0.15, -0.1) is 0 Å². The smallest absolute Gasteiger partial charge is 0.141 e. The average Bonchev–Trinajstić information content (AvgIpc) is 2.27. The lowest BCUT2D eigenvalue weighted by Gasteiger charge is -2.18. The molecule has 1 atom stereocenters. The largest absolute Gasteiger partial charge is 0.495 e. The number of benzene rings is 1. The predicted molar refractivity (Wildman–Crippen MR) is 69.2 cm³/mol. The van der Waals surface area contributed by atoms with Crippen LogP contribution in [0.15, 0.2) is 10.5 Å². The second-order valence-corrected chi connectivity index (χ2v) is 4.44. The van der Waals surface area contributed by atoms with Crippen LogP contribution in [0.5, 0.6) is 11.5 Å². The van der Waals surface area contributed by atoms with E-state index in [9.17, 15) is 0 Å². The molecule has 4 heteroatoms. The van der Waals surface area contributed by atoms with E-state index >= 15 is 0 Å². The van der Waals surface area contributed by atoms with Crippen LogP contribution in [0.1, 0.15) is 31.0 Å². The molecule has 16 heavy (non-hydrogen) atoms. The molecule has 0 bridgehead atoms. The molecule has 0 aliphatic rings. The van der Waals surface area contributed by atoms with Crippen LogP contribution < -0.4 is 15.2 Å². The third-order valence-electron chi connectivity index (χ3n) is 2.56. The average molecular weight is 288 g/mol. The van der Waals surface area contributed by atoms with Crippen LogP contribution in [0, 0.1) is 0 Å². The molecule has 0 heterocycles. The summed E-state index contributed by atoms with van der Waals surface area (Å²) in [7, 11) is 3.29. The fraction of sp³-hybridized carbons (Fsp3) is 0.500.